The van der Waals surface area contributed by atoms with Gasteiger partial charge < -0.3 is 9.90 Å². The SMILES string of the molecule is CC(C)(C=O)C(O)c1ccc(Br)nc1. The van der Waals surface area contributed by atoms with Crippen molar-refractivity contribution in [2.45, 2.75) is 20.0 Å². The normalized spacial score (nSPS) is 13.7. The van der Waals surface area contributed by atoms with Crippen LogP contribution in [0.15, 0.2) is 22.9 Å². The Morgan fingerprint density at radius 3 is 2.64 bits per heavy atom. The molecule has 0 aliphatic rings. The Kier molecular flexibility index (Phi) is 3.39. The maximum atomic E-state index is 10.7. The molecule has 0 saturated carbocycles. The number of rotatable bonds is 3. The molecular weight excluding hydrogens is 246 g/mol. The van der Waals surface area contributed by atoms with E-state index in [1.807, 2.05) is 0 Å². The van der Waals surface area contributed by atoms with Gasteiger partial charge in [0.25, 0.3) is 0 Å². The summed E-state index contributed by atoms with van der Waals surface area (Å²) in [6, 6.07) is 3.48. The monoisotopic (exact) mass is 257 g/mol. The van der Waals surface area contributed by atoms with E-state index in [0.29, 0.717) is 10.2 Å². The van der Waals surface area contributed by atoms with Crippen molar-refractivity contribution in [2.75, 3.05) is 0 Å². The van der Waals surface area contributed by atoms with Gasteiger partial charge in [0.15, 0.2) is 0 Å². The van der Waals surface area contributed by atoms with Gasteiger partial charge in [0.1, 0.15) is 10.9 Å². The highest BCUT2D eigenvalue weighted by atomic mass is 79.9. The molecule has 0 amide bonds. The van der Waals surface area contributed by atoms with Gasteiger partial charge in [0.2, 0.25) is 0 Å². The second kappa shape index (κ2) is 4.19. The van der Waals surface area contributed by atoms with Crippen LogP contribution in [0.5, 0.6) is 0 Å². The number of aldehydes is 1. The van der Waals surface area contributed by atoms with Crippen LogP contribution in [0.1, 0.15) is 25.5 Å². The van der Waals surface area contributed by atoms with Crippen LogP contribution < -0.4 is 0 Å². The number of carbonyl (C=O) groups is 1. The Labute approximate surface area is 91.3 Å². The molecule has 4 heteroatoms. The molecule has 0 fully saturated rings. The van der Waals surface area contributed by atoms with E-state index in [2.05, 4.69) is 20.9 Å². The van der Waals surface area contributed by atoms with E-state index in [1.165, 1.54) is 0 Å². The van der Waals surface area contributed by atoms with Gasteiger partial charge in [0, 0.05) is 6.20 Å². The Morgan fingerprint density at radius 1 is 1.57 bits per heavy atom. The Bertz CT molecular complexity index is 321. The topological polar surface area (TPSA) is 50.2 Å². The quantitative estimate of drug-likeness (QED) is 0.667. The van der Waals surface area contributed by atoms with Crippen LogP contribution in [-0.4, -0.2) is 16.4 Å². The first kappa shape index (κ1) is 11.3. The van der Waals surface area contributed by atoms with Crippen molar-refractivity contribution < 1.29 is 9.90 Å². The molecule has 1 unspecified atom stereocenters. The molecule has 1 atom stereocenters. The minimum absolute atomic E-state index is 0.644. The van der Waals surface area contributed by atoms with E-state index < -0.39 is 11.5 Å². The van der Waals surface area contributed by atoms with Crippen LogP contribution in [0.2, 0.25) is 0 Å². The average Bonchev–Trinajstić information content (AvgIpc) is 2.18. The summed E-state index contributed by atoms with van der Waals surface area (Å²) in [7, 11) is 0. The summed E-state index contributed by atoms with van der Waals surface area (Å²) in [6.45, 7) is 3.37. The Hall–Kier alpha value is -0.740. The molecule has 0 saturated heterocycles. The van der Waals surface area contributed by atoms with Crippen molar-refractivity contribution in [3.05, 3.63) is 28.5 Å². The molecule has 0 aliphatic heterocycles. The highest BCUT2D eigenvalue weighted by Gasteiger charge is 2.28. The predicted molar refractivity (Wildman–Crippen MR) is 56.7 cm³/mol. The van der Waals surface area contributed by atoms with Crippen LogP contribution in [-0.2, 0) is 4.79 Å². The molecule has 0 aromatic carbocycles. The lowest BCUT2D eigenvalue weighted by Gasteiger charge is -2.24. The summed E-state index contributed by atoms with van der Waals surface area (Å²) in [5.74, 6) is 0. The molecule has 0 bridgehead atoms. The van der Waals surface area contributed by atoms with Gasteiger partial charge in [-0.05, 0) is 27.6 Å². The van der Waals surface area contributed by atoms with Gasteiger partial charge in [-0.3, -0.25) is 0 Å². The number of pyridine rings is 1. The standard InChI is InChI=1S/C10H12BrNO2/c1-10(2,6-13)9(14)7-3-4-8(11)12-5-7/h3-6,9,14H,1-2H3. The maximum absolute atomic E-state index is 10.7. The smallest absolute Gasteiger partial charge is 0.128 e. The summed E-state index contributed by atoms with van der Waals surface area (Å²) < 4.78 is 0.706. The number of nitrogens with zero attached hydrogens (tertiary/aromatic N) is 1. The molecule has 1 heterocycles. The third-order valence-corrected chi connectivity index (χ3v) is 2.54. The summed E-state index contributed by atoms with van der Waals surface area (Å²) in [5, 5.41) is 9.85. The zero-order valence-corrected chi connectivity index (χ0v) is 9.65. The van der Waals surface area contributed by atoms with Crippen LogP contribution in [0.3, 0.4) is 0 Å². The second-order valence-electron chi connectivity index (χ2n) is 3.76. The minimum Gasteiger partial charge on any atom is -0.387 e. The number of hydrogen-bond acceptors (Lipinski definition) is 3. The fourth-order valence-corrected chi connectivity index (χ4v) is 1.28. The average molecular weight is 258 g/mol. The van der Waals surface area contributed by atoms with Crippen LogP contribution in [0.4, 0.5) is 0 Å². The third-order valence-electron chi connectivity index (χ3n) is 2.07. The van der Waals surface area contributed by atoms with Crippen molar-refractivity contribution in [3.8, 4) is 0 Å². The molecule has 1 rings (SSSR count). The van der Waals surface area contributed by atoms with Crippen LogP contribution >= 0.6 is 15.9 Å². The molecule has 0 radical (unpaired) electrons. The van der Waals surface area contributed by atoms with Gasteiger partial charge in [-0.2, -0.15) is 0 Å². The number of aliphatic hydroxyl groups is 1. The van der Waals surface area contributed by atoms with E-state index in [1.54, 1.807) is 32.2 Å². The van der Waals surface area contributed by atoms with Crippen LogP contribution in [0, 0.1) is 5.41 Å². The maximum Gasteiger partial charge on any atom is 0.128 e. The third kappa shape index (κ3) is 2.39. The minimum atomic E-state index is -0.819. The first-order valence-electron chi connectivity index (χ1n) is 4.23. The molecular formula is C10H12BrNO2. The first-order chi connectivity index (χ1) is 6.47. The van der Waals surface area contributed by atoms with Crippen molar-refractivity contribution >= 4 is 22.2 Å². The number of halogens is 1. The second-order valence-corrected chi connectivity index (χ2v) is 4.57. The van der Waals surface area contributed by atoms with Crippen LogP contribution in [0.25, 0.3) is 0 Å². The molecule has 3 nitrogen and oxygen atoms in total. The van der Waals surface area contributed by atoms with Crippen molar-refractivity contribution in [3.63, 3.8) is 0 Å². The zero-order chi connectivity index (χ0) is 10.8. The lowest BCUT2D eigenvalue weighted by Crippen LogP contribution is -2.23. The van der Waals surface area contributed by atoms with Gasteiger partial charge in [-0.1, -0.05) is 19.9 Å². The van der Waals surface area contributed by atoms with E-state index in [-0.39, 0.29) is 0 Å². The first-order valence-corrected chi connectivity index (χ1v) is 5.02. The fraction of sp³-hybridized carbons (Fsp3) is 0.400. The summed E-state index contributed by atoms with van der Waals surface area (Å²) in [5.41, 5.74) is -0.138. The highest BCUT2D eigenvalue weighted by molar-refractivity contribution is 9.10. The van der Waals surface area contributed by atoms with Gasteiger partial charge in [-0.25, -0.2) is 4.98 Å². The number of aromatic nitrogens is 1. The molecule has 1 aromatic rings. The van der Waals surface area contributed by atoms with Crippen molar-refractivity contribution in [1.29, 1.82) is 0 Å². The number of aliphatic hydroxyl groups excluding tert-OH is 1. The number of carbonyl (C=O) groups excluding carboxylic acids is 1. The molecule has 0 aliphatic carbocycles. The van der Waals surface area contributed by atoms with Gasteiger partial charge in [-0.15, -0.1) is 0 Å². The lowest BCUT2D eigenvalue weighted by atomic mass is 9.85. The molecule has 1 N–H and O–H groups in total. The van der Waals surface area contributed by atoms with E-state index >= 15 is 0 Å². The highest BCUT2D eigenvalue weighted by Crippen LogP contribution is 2.30. The van der Waals surface area contributed by atoms with Gasteiger partial charge in [0.05, 0.1) is 11.5 Å². The fourth-order valence-electron chi connectivity index (χ4n) is 1.04. The largest absolute Gasteiger partial charge is 0.387 e. The van der Waals surface area contributed by atoms with Crippen molar-refractivity contribution in [1.82, 2.24) is 4.98 Å². The summed E-state index contributed by atoms with van der Waals surface area (Å²) in [4.78, 5) is 14.7. The summed E-state index contributed by atoms with van der Waals surface area (Å²) in [6.07, 6.45) is 1.49. The molecule has 1 aromatic heterocycles. The molecule has 76 valence electrons. The Morgan fingerprint density at radius 2 is 2.21 bits per heavy atom. The summed E-state index contributed by atoms with van der Waals surface area (Å²) >= 11 is 3.20. The van der Waals surface area contributed by atoms with Crippen molar-refractivity contribution in [2.24, 2.45) is 5.41 Å². The van der Waals surface area contributed by atoms with Gasteiger partial charge >= 0.3 is 0 Å². The van der Waals surface area contributed by atoms with E-state index in [4.69, 9.17) is 0 Å². The predicted octanol–water partition coefficient (Wildman–Crippen LogP) is 2.10. The zero-order valence-electron chi connectivity index (χ0n) is 8.07. The lowest BCUT2D eigenvalue weighted by molar-refractivity contribution is -0.120. The number of hydrogen-bond donors (Lipinski definition) is 1. The van der Waals surface area contributed by atoms with E-state index in [0.717, 1.165) is 6.29 Å². The molecule has 14 heavy (non-hydrogen) atoms. The molecule has 0 spiro atoms. The van der Waals surface area contributed by atoms with E-state index in [9.17, 15) is 9.90 Å². The Balaban J connectivity index is 2.95.